The molecule has 0 saturated carbocycles. The second kappa shape index (κ2) is 6.30. The summed E-state index contributed by atoms with van der Waals surface area (Å²) in [7, 11) is 1.85. The van der Waals surface area contributed by atoms with Gasteiger partial charge in [0.15, 0.2) is 0 Å². The molecule has 0 aromatic carbocycles. The van der Waals surface area contributed by atoms with Gasteiger partial charge < -0.3 is 4.90 Å². The van der Waals surface area contributed by atoms with Gasteiger partial charge in [-0.05, 0) is 19.8 Å². The van der Waals surface area contributed by atoms with Crippen molar-refractivity contribution in [2.75, 3.05) is 12.9 Å². The molecule has 0 aliphatic heterocycles. The van der Waals surface area contributed by atoms with Gasteiger partial charge >= 0.3 is 0 Å². The fraction of sp³-hybridized carbons (Fsp3) is 0.889. The Labute approximate surface area is 79.9 Å². The first-order chi connectivity index (χ1) is 5.63. The molecular formula is C9H18ClNO. The van der Waals surface area contributed by atoms with E-state index in [1.807, 2.05) is 7.05 Å². The Kier molecular flexibility index (Phi) is 6.17. The molecule has 1 unspecified atom stereocenters. The van der Waals surface area contributed by atoms with E-state index in [0.29, 0.717) is 18.3 Å². The zero-order valence-corrected chi connectivity index (χ0v) is 8.90. The summed E-state index contributed by atoms with van der Waals surface area (Å²) in [5.74, 6) is 0.769. The third-order valence-corrected chi connectivity index (χ3v) is 2.44. The van der Waals surface area contributed by atoms with Gasteiger partial charge in [-0.25, -0.2) is 0 Å². The lowest BCUT2D eigenvalue weighted by Gasteiger charge is -2.23. The molecule has 0 aromatic heterocycles. The number of alkyl halides is 1. The number of carbonyl (C=O) groups excluding carboxylic acids is 1. The molecule has 0 bridgehead atoms. The van der Waals surface area contributed by atoms with Crippen LogP contribution in [0.15, 0.2) is 0 Å². The number of hydrogen-bond donors (Lipinski definition) is 0. The standard InChI is InChI=1S/C9H18ClNO/c1-4-8(2)11(3)9(12)6-5-7-10/h8H,4-7H2,1-3H3. The highest BCUT2D eigenvalue weighted by atomic mass is 35.5. The van der Waals surface area contributed by atoms with Gasteiger partial charge in [0.25, 0.3) is 0 Å². The summed E-state index contributed by atoms with van der Waals surface area (Å²) in [4.78, 5) is 13.2. The smallest absolute Gasteiger partial charge is 0.222 e. The molecule has 0 radical (unpaired) electrons. The molecular weight excluding hydrogens is 174 g/mol. The maximum Gasteiger partial charge on any atom is 0.222 e. The Morgan fingerprint density at radius 2 is 2.17 bits per heavy atom. The number of hydrogen-bond acceptors (Lipinski definition) is 1. The molecule has 2 nitrogen and oxygen atoms in total. The molecule has 0 spiro atoms. The van der Waals surface area contributed by atoms with E-state index in [-0.39, 0.29) is 5.91 Å². The largest absolute Gasteiger partial charge is 0.343 e. The minimum Gasteiger partial charge on any atom is -0.343 e. The number of halogens is 1. The van der Waals surface area contributed by atoms with Crippen molar-refractivity contribution in [3.8, 4) is 0 Å². The summed E-state index contributed by atoms with van der Waals surface area (Å²) in [6, 6.07) is 0.341. The first kappa shape index (κ1) is 11.8. The zero-order chi connectivity index (χ0) is 9.56. The van der Waals surface area contributed by atoms with Gasteiger partial charge in [-0.15, -0.1) is 11.6 Å². The molecule has 72 valence electrons. The van der Waals surface area contributed by atoms with Gasteiger partial charge in [-0.2, -0.15) is 0 Å². The van der Waals surface area contributed by atoms with Gasteiger partial charge in [-0.3, -0.25) is 4.79 Å². The average molecular weight is 192 g/mol. The molecule has 0 aliphatic rings. The maximum absolute atomic E-state index is 11.4. The van der Waals surface area contributed by atoms with E-state index < -0.39 is 0 Å². The Morgan fingerprint density at radius 1 is 1.58 bits per heavy atom. The van der Waals surface area contributed by atoms with Crippen molar-refractivity contribution in [1.82, 2.24) is 4.90 Å². The summed E-state index contributed by atoms with van der Waals surface area (Å²) >= 11 is 5.49. The van der Waals surface area contributed by atoms with Crippen LogP contribution in [0.2, 0.25) is 0 Å². The van der Waals surface area contributed by atoms with Crippen molar-refractivity contribution >= 4 is 17.5 Å². The molecule has 0 N–H and O–H groups in total. The third kappa shape index (κ3) is 3.96. The first-order valence-corrected chi connectivity index (χ1v) is 4.98. The minimum absolute atomic E-state index is 0.199. The predicted molar refractivity (Wildman–Crippen MR) is 52.5 cm³/mol. The number of nitrogens with zero attached hydrogens (tertiary/aromatic N) is 1. The summed E-state index contributed by atoms with van der Waals surface area (Å²) in [5.41, 5.74) is 0. The summed E-state index contributed by atoms with van der Waals surface area (Å²) in [6.45, 7) is 4.13. The SMILES string of the molecule is CCC(C)N(C)C(=O)CCCCl. The van der Waals surface area contributed by atoms with Crippen molar-refractivity contribution in [3.05, 3.63) is 0 Å². The van der Waals surface area contributed by atoms with Crippen molar-refractivity contribution < 1.29 is 4.79 Å². The average Bonchev–Trinajstić information content (AvgIpc) is 2.11. The van der Waals surface area contributed by atoms with Crippen LogP contribution in [0.5, 0.6) is 0 Å². The molecule has 0 aromatic rings. The van der Waals surface area contributed by atoms with E-state index in [9.17, 15) is 4.79 Å². The van der Waals surface area contributed by atoms with Crippen LogP contribution in [0.25, 0.3) is 0 Å². The summed E-state index contributed by atoms with van der Waals surface area (Å²) in [6.07, 6.45) is 2.36. The van der Waals surface area contributed by atoms with E-state index in [1.54, 1.807) is 4.90 Å². The molecule has 0 heterocycles. The number of rotatable bonds is 5. The van der Waals surface area contributed by atoms with Crippen molar-refractivity contribution in [2.45, 2.75) is 39.2 Å². The molecule has 1 atom stereocenters. The predicted octanol–water partition coefficient (Wildman–Crippen LogP) is 2.26. The Bertz CT molecular complexity index is 138. The lowest BCUT2D eigenvalue weighted by molar-refractivity contribution is -0.131. The van der Waals surface area contributed by atoms with Crippen LogP contribution in [0.3, 0.4) is 0 Å². The zero-order valence-electron chi connectivity index (χ0n) is 8.14. The molecule has 0 fully saturated rings. The van der Waals surface area contributed by atoms with Crippen LogP contribution in [0, 0.1) is 0 Å². The van der Waals surface area contributed by atoms with Gasteiger partial charge in [-0.1, -0.05) is 6.92 Å². The second-order valence-corrected chi connectivity index (χ2v) is 3.43. The highest BCUT2D eigenvalue weighted by Gasteiger charge is 2.12. The lowest BCUT2D eigenvalue weighted by Crippen LogP contribution is -2.34. The first-order valence-electron chi connectivity index (χ1n) is 4.45. The number of carbonyl (C=O) groups is 1. The van der Waals surface area contributed by atoms with Gasteiger partial charge in [0.2, 0.25) is 5.91 Å². The van der Waals surface area contributed by atoms with Crippen molar-refractivity contribution in [3.63, 3.8) is 0 Å². The summed E-state index contributed by atoms with van der Waals surface area (Å²) in [5, 5.41) is 0. The second-order valence-electron chi connectivity index (χ2n) is 3.05. The highest BCUT2D eigenvalue weighted by molar-refractivity contribution is 6.17. The van der Waals surface area contributed by atoms with Crippen LogP contribution in [-0.2, 0) is 4.79 Å². The molecule has 0 saturated heterocycles. The van der Waals surface area contributed by atoms with Crippen molar-refractivity contribution in [1.29, 1.82) is 0 Å². The molecule has 1 amide bonds. The van der Waals surface area contributed by atoms with Crippen molar-refractivity contribution in [2.24, 2.45) is 0 Å². The quantitative estimate of drug-likeness (QED) is 0.611. The van der Waals surface area contributed by atoms with Crippen LogP contribution >= 0.6 is 11.6 Å². The molecule has 0 rings (SSSR count). The minimum atomic E-state index is 0.199. The number of amides is 1. The van der Waals surface area contributed by atoms with E-state index in [1.165, 1.54) is 0 Å². The monoisotopic (exact) mass is 191 g/mol. The van der Waals surface area contributed by atoms with E-state index in [4.69, 9.17) is 11.6 Å². The van der Waals surface area contributed by atoms with Crippen LogP contribution in [0.4, 0.5) is 0 Å². The van der Waals surface area contributed by atoms with Gasteiger partial charge in [0, 0.05) is 25.4 Å². The van der Waals surface area contributed by atoms with Gasteiger partial charge in [0.1, 0.15) is 0 Å². The van der Waals surface area contributed by atoms with E-state index >= 15 is 0 Å². The fourth-order valence-corrected chi connectivity index (χ4v) is 1.05. The Balaban J connectivity index is 3.75. The van der Waals surface area contributed by atoms with E-state index in [2.05, 4.69) is 13.8 Å². The maximum atomic E-state index is 11.4. The molecule has 0 aliphatic carbocycles. The van der Waals surface area contributed by atoms with Crippen LogP contribution in [-0.4, -0.2) is 29.8 Å². The Hall–Kier alpha value is -0.240. The fourth-order valence-electron chi connectivity index (χ4n) is 0.914. The summed E-state index contributed by atoms with van der Waals surface area (Å²) < 4.78 is 0. The topological polar surface area (TPSA) is 20.3 Å². The third-order valence-electron chi connectivity index (χ3n) is 2.17. The normalized spacial score (nSPS) is 12.7. The van der Waals surface area contributed by atoms with Crippen LogP contribution in [0.1, 0.15) is 33.1 Å². The van der Waals surface area contributed by atoms with E-state index in [0.717, 1.165) is 12.8 Å². The lowest BCUT2D eigenvalue weighted by atomic mass is 10.2. The van der Waals surface area contributed by atoms with Gasteiger partial charge in [0.05, 0.1) is 0 Å². The molecule has 12 heavy (non-hydrogen) atoms. The Morgan fingerprint density at radius 3 is 2.58 bits per heavy atom. The molecule has 3 heteroatoms. The highest BCUT2D eigenvalue weighted by Crippen LogP contribution is 2.04. The van der Waals surface area contributed by atoms with Crippen LogP contribution < -0.4 is 0 Å².